The van der Waals surface area contributed by atoms with Crippen LogP contribution in [0.25, 0.3) is 17.0 Å². The fourth-order valence-electron chi connectivity index (χ4n) is 3.49. The number of nitrogens with zero attached hydrogens (tertiary/aromatic N) is 5. The SMILES string of the molecule is CCc1nnc(-n2c(OC)nc3c(CN)cccc32)nc1NCc1cccc(B(O)O)c1. The summed E-state index contributed by atoms with van der Waals surface area (Å²) in [6.07, 6.45) is 0.636. The second kappa shape index (κ2) is 9.31. The number of imidazole rings is 1. The van der Waals surface area contributed by atoms with Crippen molar-refractivity contribution in [1.29, 1.82) is 0 Å². The molecule has 5 N–H and O–H groups in total. The van der Waals surface area contributed by atoms with Gasteiger partial charge in [-0.2, -0.15) is 9.97 Å². The summed E-state index contributed by atoms with van der Waals surface area (Å²) in [7, 11) is 0.0175. The Hall–Kier alpha value is -3.54. The van der Waals surface area contributed by atoms with Gasteiger partial charge in [-0.25, -0.2) is 4.57 Å². The first-order chi connectivity index (χ1) is 15.5. The molecule has 2 aromatic carbocycles. The molecule has 164 valence electrons. The zero-order chi connectivity index (χ0) is 22.7. The van der Waals surface area contributed by atoms with E-state index in [1.807, 2.05) is 31.2 Å². The Labute approximate surface area is 185 Å². The lowest BCUT2D eigenvalue weighted by molar-refractivity contribution is 0.373. The molecular formula is C21H24BN7O3. The van der Waals surface area contributed by atoms with Crippen molar-refractivity contribution < 1.29 is 14.8 Å². The molecule has 0 aliphatic carbocycles. The van der Waals surface area contributed by atoms with Gasteiger partial charge >= 0.3 is 13.1 Å². The maximum atomic E-state index is 9.41. The molecule has 0 amide bonds. The van der Waals surface area contributed by atoms with Crippen molar-refractivity contribution >= 4 is 29.4 Å². The molecule has 0 saturated carbocycles. The number of rotatable bonds is 8. The van der Waals surface area contributed by atoms with Crippen LogP contribution in [0.2, 0.25) is 0 Å². The maximum absolute atomic E-state index is 9.41. The lowest BCUT2D eigenvalue weighted by Gasteiger charge is -2.12. The molecule has 4 aromatic rings. The van der Waals surface area contributed by atoms with Gasteiger partial charge in [0.1, 0.15) is 5.69 Å². The summed E-state index contributed by atoms with van der Waals surface area (Å²) in [5, 5.41) is 30.8. The van der Waals surface area contributed by atoms with E-state index in [-0.39, 0.29) is 0 Å². The van der Waals surface area contributed by atoms with Crippen molar-refractivity contribution in [2.45, 2.75) is 26.4 Å². The number of hydrogen-bond donors (Lipinski definition) is 4. The number of methoxy groups -OCH3 is 1. The van der Waals surface area contributed by atoms with E-state index >= 15 is 0 Å². The van der Waals surface area contributed by atoms with Gasteiger partial charge in [-0.15, -0.1) is 10.2 Å². The zero-order valence-corrected chi connectivity index (χ0v) is 17.9. The molecule has 2 heterocycles. The second-order valence-electron chi connectivity index (χ2n) is 7.16. The van der Waals surface area contributed by atoms with Gasteiger partial charge in [0.15, 0.2) is 5.82 Å². The van der Waals surface area contributed by atoms with Gasteiger partial charge < -0.3 is 25.8 Å². The van der Waals surface area contributed by atoms with E-state index in [1.54, 1.807) is 22.8 Å². The van der Waals surface area contributed by atoms with Crippen LogP contribution >= 0.6 is 0 Å². The van der Waals surface area contributed by atoms with E-state index in [9.17, 15) is 10.0 Å². The molecule has 10 nitrogen and oxygen atoms in total. The number of fused-ring (bicyclic) bond motifs is 1. The van der Waals surface area contributed by atoms with Gasteiger partial charge in [0.25, 0.3) is 5.95 Å². The van der Waals surface area contributed by atoms with Gasteiger partial charge in [0, 0.05) is 13.1 Å². The molecule has 2 aromatic heterocycles. The van der Waals surface area contributed by atoms with Crippen LogP contribution in [0.3, 0.4) is 0 Å². The minimum Gasteiger partial charge on any atom is -0.468 e. The van der Waals surface area contributed by atoms with E-state index < -0.39 is 7.12 Å². The third-order valence-corrected chi connectivity index (χ3v) is 5.13. The Morgan fingerprint density at radius 2 is 1.94 bits per heavy atom. The third-order valence-electron chi connectivity index (χ3n) is 5.13. The van der Waals surface area contributed by atoms with Crippen molar-refractivity contribution in [3.05, 3.63) is 59.3 Å². The highest BCUT2D eigenvalue weighted by Gasteiger charge is 2.19. The molecule has 11 heteroatoms. The number of aromatic nitrogens is 5. The normalized spacial score (nSPS) is 11.0. The highest BCUT2D eigenvalue weighted by Crippen LogP contribution is 2.27. The van der Waals surface area contributed by atoms with Crippen molar-refractivity contribution in [3.63, 3.8) is 0 Å². The highest BCUT2D eigenvalue weighted by molar-refractivity contribution is 6.58. The van der Waals surface area contributed by atoms with Crippen LogP contribution in [0.15, 0.2) is 42.5 Å². The number of nitrogens with one attached hydrogen (secondary N) is 1. The molecule has 32 heavy (non-hydrogen) atoms. The summed E-state index contributed by atoms with van der Waals surface area (Å²) < 4.78 is 7.18. The molecule has 0 spiro atoms. The standard InChI is InChI=1S/C21H24BN7O3/c1-3-16-19(24-12-13-6-4-8-15(10-13)22(30)31)26-20(28-27-16)29-17-9-5-7-14(11-23)18(17)25-21(29)32-2/h4-10,30-31H,3,11-12,23H2,1-2H3,(H,24,26,28). The Balaban J connectivity index is 1.72. The van der Waals surface area contributed by atoms with Gasteiger partial charge in [-0.3, -0.25) is 0 Å². The van der Waals surface area contributed by atoms with Crippen LogP contribution in [0, 0.1) is 0 Å². The monoisotopic (exact) mass is 433 g/mol. The average Bonchev–Trinajstić information content (AvgIpc) is 3.21. The minimum atomic E-state index is -1.52. The van der Waals surface area contributed by atoms with Gasteiger partial charge in [-0.1, -0.05) is 43.3 Å². The topological polar surface area (TPSA) is 144 Å². The van der Waals surface area contributed by atoms with E-state index in [1.165, 1.54) is 7.11 Å². The molecule has 0 saturated heterocycles. The molecule has 0 aliphatic heterocycles. The lowest BCUT2D eigenvalue weighted by atomic mass is 9.80. The number of anilines is 1. The highest BCUT2D eigenvalue weighted by atomic mass is 16.5. The maximum Gasteiger partial charge on any atom is 0.488 e. The molecule has 0 atom stereocenters. The van der Waals surface area contributed by atoms with Crippen LogP contribution in [0.1, 0.15) is 23.7 Å². The van der Waals surface area contributed by atoms with Gasteiger partial charge in [0.2, 0.25) is 0 Å². The Morgan fingerprint density at radius 3 is 2.66 bits per heavy atom. The van der Waals surface area contributed by atoms with Crippen LogP contribution in [0.4, 0.5) is 5.82 Å². The summed E-state index contributed by atoms with van der Waals surface area (Å²) in [6.45, 7) is 2.74. The summed E-state index contributed by atoms with van der Waals surface area (Å²) >= 11 is 0. The molecule has 0 fully saturated rings. The van der Waals surface area contributed by atoms with Crippen molar-refractivity contribution in [2.24, 2.45) is 5.73 Å². The summed E-state index contributed by atoms with van der Waals surface area (Å²) in [5.74, 6) is 0.893. The van der Waals surface area contributed by atoms with Crippen molar-refractivity contribution in [2.75, 3.05) is 12.4 Å². The van der Waals surface area contributed by atoms with Crippen LogP contribution in [-0.4, -0.2) is 49.0 Å². The minimum absolute atomic E-state index is 0.317. The fourth-order valence-corrected chi connectivity index (χ4v) is 3.49. The number of nitrogens with two attached hydrogens (primary N) is 1. The van der Waals surface area contributed by atoms with E-state index in [4.69, 9.17) is 15.5 Å². The predicted octanol–water partition coefficient (Wildman–Crippen LogP) is 0.532. The van der Waals surface area contributed by atoms with E-state index in [0.29, 0.717) is 48.4 Å². The quantitative estimate of drug-likeness (QED) is 0.293. The first-order valence-corrected chi connectivity index (χ1v) is 10.2. The van der Waals surface area contributed by atoms with Crippen LogP contribution < -0.4 is 21.3 Å². The van der Waals surface area contributed by atoms with Crippen molar-refractivity contribution in [1.82, 2.24) is 24.7 Å². The molecular weight excluding hydrogens is 409 g/mol. The number of para-hydroxylation sites is 1. The molecule has 0 unspecified atom stereocenters. The third kappa shape index (κ3) is 4.13. The first kappa shape index (κ1) is 21.7. The fraction of sp³-hybridized carbons (Fsp3) is 0.238. The Bertz CT molecular complexity index is 1250. The van der Waals surface area contributed by atoms with Crippen LogP contribution in [0.5, 0.6) is 6.01 Å². The lowest BCUT2D eigenvalue weighted by Crippen LogP contribution is -2.30. The average molecular weight is 433 g/mol. The number of benzene rings is 2. The first-order valence-electron chi connectivity index (χ1n) is 10.2. The summed E-state index contributed by atoms with van der Waals surface area (Å²) in [6, 6.07) is 13.1. The Morgan fingerprint density at radius 1 is 1.12 bits per heavy atom. The summed E-state index contributed by atoms with van der Waals surface area (Å²) in [4.78, 5) is 9.26. The van der Waals surface area contributed by atoms with Gasteiger partial charge in [-0.05, 0) is 29.1 Å². The predicted molar refractivity (Wildman–Crippen MR) is 122 cm³/mol. The van der Waals surface area contributed by atoms with Gasteiger partial charge in [0.05, 0.1) is 18.1 Å². The zero-order valence-electron chi connectivity index (χ0n) is 17.9. The molecule has 4 rings (SSSR count). The van der Waals surface area contributed by atoms with Crippen molar-refractivity contribution in [3.8, 4) is 12.0 Å². The number of aryl methyl sites for hydroxylation is 1. The summed E-state index contributed by atoms with van der Waals surface area (Å²) in [5.41, 5.74) is 10.3. The van der Waals surface area contributed by atoms with Crippen LogP contribution in [-0.2, 0) is 19.5 Å². The molecule has 0 aliphatic rings. The largest absolute Gasteiger partial charge is 0.488 e. The molecule has 0 radical (unpaired) electrons. The second-order valence-corrected chi connectivity index (χ2v) is 7.16. The van der Waals surface area contributed by atoms with E-state index in [0.717, 1.165) is 22.2 Å². The van der Waals surface area contributed by atoms with E-state index in [2.05, 4.69) is 20.5 Å². The smallest absolute Gasteiger partial charge is 0.468 e. The number of ether oxygens (including phenoxy) is 1. The Kier molecular flexibility index (Phi) is 6.31. The molecule has 0 bridgehead atoms. The number of hydrogen-bond acceptors (Lipinski definition) is 9.